The van der Waals surface area contributed by atoms with Gasteiger partial charge in [-0.15, -0.1) is 0 Å². The van der Waals surface area contributed by atoms with E-state index >= 15 is 0 Å². The number of carboxylic acid groups (broad SMARTS) is 1. The maximum atomic E-state index is 12.8. The second-order valence-electron chi connectivity index (χ2n) is 11.9. The molecule has 1 atom stereocenters. The van der Waals surface area contributed by atoms with Gasteiger partial charge in [-0.3, -0.25) is 4.79 Å². The van der Waals surface area contributed by atoms with Gasteiger partial charge in [-0.05, 0) is 55.8 Å². The van der Waals surface area contributed by atoms with Crippen LogP contribution < -0.4 is 26.2 Å². The standard InChI is InChI=1S/C26H40N8O.C2HF3O2/c1-17-10-11-18(22(35)28-19-8-6-7-9-19)14-21(17)30-24-31-23(29-20-12-13-27-15-20)32-25(33-24)34(5)16-26(2,3)4;3-2(4,5)1(6)7/h10-11,14,19-20,27H,6-9,12-13,15-16H2,1-5H3,(H,28,35)(H2,29,30,31,32,33);(H,6,7)/t20-;/m1./s1. The zero-order chi connectivity index (χ0) is 31.1. The molecule has 2 heterocycles. The Kier molecular flexibility index (Phi) is 10.9. The van der Waals surface area contributed by atoms with Gasteiger partial charge in [0.05, 0.1) is 0 Å². The predicted octanol–water partition coefficient (Wildman–Crippen LogP) is 4.49. The summed E-state index contributed by atoms with van der Waals surface area (Å²) in [6.45, 7) is 11.3. The fourth-order valence-corrected chi connectivity index (χ4v) is 4.76. The number of aromatic nitrogens is 3. The Morgan fingerprint density at radius 3 is 2.26 bits per heavy atom. The largest absolute Gasteiger partial charge is 0.490 e. The first-order chi connectivity index (χ1) is 19.6. The molecule has 1 saturated heterocycles. The van der Waals surface area contributed by atoms with E-state index in [2.05, 4.69) is 51.9 Å². The lowest BCUT2D eigenvalue weighted by Crippen LogP contribution is -2.32. The Bertz CT molecular complexity index is 1220. The summed E-state index contributed by atoms with van der Waals surface area (Å²) in [6, 6.07) is 6.29. The molecule has 1 saturated carbocycles. The second kappa shape index (κ2) is 14.0. The van der Waals surface area contributed by atoms with E-state index < -0.39 is 12.1 Å². The van der Waals surface area contributed by atoms with Gasteiger partial charge in [-0.2, -0.15) is 28.1 Å². The molecule has 0 unspecified atom stereocenters. The molecule has 0 radical (unpaired) electrons. The number of benzene rings is 1. The van der Waals surface area contributed by atoms with Crippen LogP contribution in [0.1, 0.15) is 68.8 Å². The van der Waals surface area contributed by atoms with Gasteiger partial charge in [0.25, 0.3) is 5.91 Å². The molecule has 5 N–H and O–H groups in total. The number of nitrogens with zero attached hydrogens (tertiary/aromatic N) is 4. The van der Waals surface area contributed by atoms with Gasteiger partial charge in [-0.25, -0.2) is 4.79 Å². The topological polar surface area (TPSA) is 144 Å². The fraction of sp³-hybridized carbons (Fsp3) is 0.607. The van der Waals surface area contributed by atoms with Crippen molar-refractivity contribution >= 4 is 35.4 Å². The highest BCUT2D eigenvalue weighted by atomic mass is 19.4. The lowest BCUT2D eigenvalue weighted by atomic mass is 9.96. The molecule has 2 fully saturated rings. The van der Waals surface area contributed by atoms with Crippen molar-refractivity contribution in [1.29, 1.82) is 0 Å². The van der Waals surface area contributed by atoms with E-state index in [9.17, 15) is 18.0 Å². The summed E-state index contributed by atoms with van der Waals surface area (Å²) < 4.78 is 31.7. The van der Waals surface area contributed by atoms with Crippen molar-refractivity contribution in [3.63, 3.8) is 0 Å². The second-order valence-corrected chi connectivity index (χ2v) is 11.9. The summed E-state index contributed by atoms with van der Waals surface area (Å²) in [4.78, 5) is 37.9. The van der Waals surface area contributed by atoms with Crippen molar-refractivity contribution in [2.45, 2.75) is 78.1 Å². The van der Waals surface area contributed by atoms with E-state index in [0.717, 1.165) is 50.1 Å². The SMILES string of the molecule is Cc1ccc(C(=O)NC2CCCC2)cc1Nc1nc(N[C@@H]2CCNC2)nc(N(C)CC(C)(C)C)n1.O=C(O)C(F)(F)F. The lowest BCUT2D eigenvalue weighted by molar-refractivity contribution is -0.192. The summed E-state index contributed by atoms with van der Waals surface area (Å²) >= 11 is 0. The van der Waals surface area contributed by atoms with Gasteiger partial charge in [0, 0.05) is 43.5 Å². The van der Waals surface area contributed by atoms with Crippen molar-refractivity contribution in [3.8, 4) is 0 Å². The van der Waals surface area contributed by atoms with Crippen molar-refractivity contribution < 1.29 is 27.9 Å². The monoisotopic (exact) mass is 594 g/mol. The number of hydrogen-bond acceptors (Lipinski definition) is 9. The third-order valence-electron chi connectivity index (χ3n) is 6.75. The van der Waals surface area contributed by atoms with Crippen molar-refractivity contribution in [2.75, 3.05) is 42.2 Å². The van der Waals surface area contributed by atoms with Crippen LogP contribution in [0.25, 0.3) is 0 Å². The minimum absolute atomic E-state index is 0.0303. The number of rotatable bonds is 8. The molecule has 11 nitrogen and oxygen atoms in total. The molecular formula is C28H41F3N8O3. The number of halogens is 3. The maximum absolute atomic E-state index is 12.8. The Labute approximate surface area is 244 Å². The van der Waals surface area contributed by atoms with E-state index in [4.69, 9.17) is 19.9 Å². The van der Waals surface area contributed by atoms with E-state index in [1.54, 1.807) is 0 Å². The summed E-state index contributed by atoms with van der Waals surface area (Å²) in [5.74, 6) is -1.16. The predicted molar refractivity (Wildman–Crippen MR) is 155 cm³/mol. The Morgan fingerprint density at radius 2 is 1.69 bits per heavy atom. The molecular weight excluding hydrogens is 553 g/mol. The van der Waals surface area contributed by atoms with Crippen molar-refractivity contribution in [2.24, 2.45) is 5.41 Å². The number of anilines is 4. The van der Waals surface area contributed by atoms with Gasteiger partial charge in [0.1, 0.15) is 0 Å². The van der Waals surface area contributed by atoms with Gasteiger partial charge in [0.15, 0.2) is 0 Å². The quantitative estimate of drug-likeness (QED) is 0.297. The molecule has 1 aromatic heterocycles. The highest BCUT2D eigenvalue weighted by Gasteiger charge is 2.38. The van der Waals surface area contributed by atoms with Gasteiger partial charge in [-0.1, -0.05) is 39.7 Å². The van der Waals surface area contributed by atoms with Gasteiger partial charge < -0.3 is 31.3 Å². The van der Waals surface area contributed by atoms with Crippen LogP contribution in [0.2, 0.25) is 0 Å². The van der Waals surface area contributed by atoms with Crippen molar-refractivity contribution in [3.05, 3.63) is 29.3 Å². The first kappa shape index (κ1) is 32.8. The minimum atomic E-state index is -5.08. The minimum Gasteiger partial charge on any atom is -0.475 e. The van der Waals surface area contributed by atoms with Crippen LogP contribution in [0, 0.1) is 12.3 Å². The van der Waals surface area contributed by atoms with Gasteiger partial charge in [0.2, 0.25) is 17.8 Å². The zero-order valence-corrected chi connectivity index (χ0v) is 24.7. The van der Waals surface area contributed by atoms with Crippen LogP contribution in [0.15, 0.2) is 18.2 Å². The van der Waals surface area contributed by atoms with Gasteiger partial charge >= 0.3 is 12.1 Å². The molecule has 0 bridgehead atoms. The van der Waals surface area contributed by atoms with Crippen molar-refractivity contribution in [1.82, 2.24) is 25.6 Å². The number of hydrogen-bond donors (Lipinski definition) is 5. The first-order valence-corrected chi connectivity index (χ1v) is 14.0. The average Bonchev–Trinajstić information content (AvgIpc) is 3.58. The number of carbonyl (C=O) groups is 2. The summed E-state index contributed by atoms with van der Waals surface area (Å²) in [7, 11) is 2.00. The smallest absolute Gasteiger partial charge is 0.475 e. The molecule has 14 heteroatoms. The van der Waals surface area contributed by atoms with E-state index in [1.807, 2.05) is 32.2 Å². The van der Waals surface area contributed by atoms with Crippen LogP contribution in [-0.4, -0.2) is 76.9 Å². The molecule has 42 heavy (non-hydrogen) atoms. The first-order valence-electron chi connectivity index (χ1n) is 14.0. The summed E-state index contributed by atoms with van der Waals surface area (Å²) in [5, 5.41) is 20.5. The highest BCUT2D eigenvalue weighted by molar-refractivity contribution is 5.95. The van der Waals surface area contributed by atoms with Crippen LogP contribution in [-0.2, 0) is 4.79 Å². The molecule has 1 aliphatic heterocycles. The van der Waals surface area contributed by atoms with Crippen LogP contribution in [0.4, 0.5) is 36.7 Å². The highest BCUT2D eigenvalue weighted by Crippen LogP contribution is 2.25. The summed E-state index contributed by atoms with van der Waals surface area (Å²) in [6.07, 6.45) is 0.433. The van der Waals surface area contributed by atoms with Crippen LogP contribution in [0.3, 0.4) is 0 Å². The Hall–Kier alpha value is -3.68. The van der Waals surface area contributed by atoms with E-state index in [-0.39, 0.29) is 23.4 Å². The van der Waals surface area contributed by atoms with E-state index in [1.165, 1.54) is 12.8 Å². The number of aliphatic carboxylic acids is 1. The molecule has 2 aliphatic rings. The number of alkyl halides is 3. The lowest BCUT2D eigenvalue weighted by Gasteiger charge is -2.27. The maximum Gasteiger partial charge on any atom is 0.490 e. The normalized spacial score (nSPS) is 17.3. The number of aryl methyl sites for hydroxylation is 1. The molecule has 0 spiro atoms. The molecule has 1 amide bonds. The molecule has 2 aromatic rings. The fourth-order valence-electron chi connectivity index (χ4n) is 4.76. The number of carboxylic acids is 1. The van der Waals surface area contributed by atoms with Crippen LogP contribution in [0.5, 0.6) is 0 Å². The molecule has 1 aliphatic carbocycles. The zero-order valence-electron chi connectivity index (χ0n) is 24.7. The third-order valence-corrected chi connectivity index (χ3v) is 6.75. The summed E-state index contributed by atoms with van der Waals surface area (Å²) in [5.41, 5.74) is 2.56. The molecule has 232 valence electrons. The Morgan fingerprint density at radius 1 is 1.05 bits per heavy atom. The number of carbonyl (C=O) groups excluding carboxylic acids is 1. The number of amides is 1. The average molecular weight is 595 g/mol. The third kappa shape index (κ3) is 10.3. The Balaban J connectivity index is 0.000000616. The van der Waals surface area contributed by atoms with E-state index in [0.29, 0.717) is 23.4 Å². The molecule has 1 aromatic carbocycles. The van der Waals surface area contributed by atoms with Crippen LogP contribution >= 0.6 is 0 Å². The number of nitrogens with one attached hydrogen (secondary N) is 4. The molecule has 4 rings (SSSR count).